The predicted octanol–water partition coefficient (Wildman–Crippen LogP) is 3.76. The zero-order valence-corrected chi connectivity index (χ0v) is 17.1. The van der Waals surface area contributed by atoms with Gasteiger partial charge >= 0.3 is 0 Å². The summed E-state index contributed by atoms with van der Waals surface area (Å²) >= 11 is 0. The second-order valence-corrected chi connectivity index (χ2v) is 7.40. The maximum Gasteiger partial charge on any atom is 0.251 e. The van der Waals surface area contributed by atoms with Crippen molar-refractivity contribution >= 4 is 30.7 Å². The molecular formula is C20H33Cl2N3O. The number of halogens is 2. The molecule has 2 aliphatic rings. The third-order valence-corrected chi connectivity index (χ3v) is 5.58. The number of rotatable bonds is 6. The Balaban J connectivity index is 0.00000169. The van der Waals surface area contributed by atoms with Gasteiger partial charge in [0.1, 0.15) is 0 Å². The molecule has 1 heterocycles. The fourth-order valence-electron chi connectivity index (χ4n) is 4.17. The molecule has 3 rings (SSSR count). The van der Waals surface area contributed by atoms with Gasteiger partial charge in [0.15, 0.2) is 0 Å². The number of hydrogen-bond donors (Lipinski definition) is 2. The van der Waals surface area contributed by atoms with E-state index in [1.54, 1.807) is 0 Å². The predicted molar refractivity (Wildman–Crippen MR) is 112 cm³/mol. The molecule has 26 heavy (non-hydrogen) atoms. The fraction of sp³-hybridized carbons (Fsp3) is 0.650. The molecule has 1 aromatic rings. The molecule has 0 bridgehead atoms. The van der Waals surface area contributed by atoms with Crippen molar-refractivity contribution in [2.45, 2.75) is 57.5 Å². The van der Waals surface area contributed by atoms with Crippen molar-refractivity contribution in [1.82, 2.24) is 10.2 Å². The van der Waals surface area contributed by atoms with E-state index in [1.165, 1.54) is 63.6 Å². The molecule has 0 spiro atoms. The Bertz CT molecular complexity index is 544. The number of benzene rings is 1. The summed E-state index contributed by atoms with van der Waals surface area (Å²) in [6.45, 7) is 3.83. The van der Waals surface area contributed by atoms with Crippen molar-refractivity contribution in [3.63, 3.8) is 0 Å². The lowest BCUT2D eigenvalue weighted by molar-refractivity contribution is 0.0915. The van der Waals surface area contributed by atoms with Crippen molar-refractivity contribution < 1.29 is 4.79 Å². The number of hydrogen-bond acceptors (Lipinski definition) is 3. The molecule has 1 aliphatic heterocycles. The quantitative estimate of drug-likeness (QED) is 0.762. The number of carbonyl (C=O) groups excluding carboxylic acids is 1. The van der Waals surface area contributed by atoms with Crippen LogP contribution in [0.3, 0.4) is 0 Å². The molecule has 4 nitrogen and oxygen atoms in total. The van der Waals surface area contributed by atoms with Gasteiger partial charge in [-0.25, -0.2) is 0 Å². The van der Waals surface area contributed by atoms with E-state index in [4.69, 9.17) is 5.73 Å². The normalized spacial score (nSPS) is 19.3. The summed E-state index contributed by atoms with van der Waals surface area (Å²) in [5.74, 6) is 0.569. The van der Waals surface area contributed by atoms with Gasteiger partial charge in [-0.3, -0.25) is 9.69 Å². The van der Waals surface area contributed by atoms with Crippen LogP contribution in [-0.2, 0) is 6.54 Å². The maximum atomic E-state index is 12.7. The second kappa shape index (κ2) is 11.8. The summed E-state index contributed by atoms with van der Waals surface area (Å²) in [7, 11) is 0. The standard InChI is InChI=1S/C20H31N3O.2ClH/c21-14-19(17-8-2-1-3-9-17)22-20(24)18-10-6-7-16(13-18)15-23-11-4-5-12-23;;/h6-7,10,13,17,19H,1-5,8-9,11-12,14-15,21H2,(H,22,24);2*1H. The molecule has 0 aromatic heterocycles. The number of nitrogens with zero attached hydrogens (tertiary/aromatic N) is 1. The Labute approximate surface area is 170 Å². The SMILES string of the molecule is Cl.Cl.NCC(NC(=O)c1cccc(CN2CCCC2)c1)C1CCCCC1. The minimum atomic E-state index is 0. The number of likely N-dealkylation sites (tertiary alicyclic amines) is 1. The highest BCUT2D eigenvalue weighted by Crippen LogP contribution is 2.26. The van der Waals surface area contributed by atoms with Crippen LogP contribution in [0.4, 0.5) is 0 Å². The minimum absolute atomic E-state index is 0. The summed E-state index contributed by atoms with van der Waals surface area (Å²) in [5, 5.41) is 3.20. The third-order valence-electron chi connectivity index (χ3n) is 5.58. The molecular weight excluding hydrogens is 369 g/mol. The van der Waals surface area contributed by atoms with Crippen LogP contribution >= 0.6 is 24.8 Å². The largest absolute Gasteiger partial charge is 0.348 e. The van der Waals surface area contributed by atoms with Crippen LogP contribution in [0.25, 0.3) is 0 Å². The first-order valence-electron chi connectivity index (χ1n) is 9.58. The summed E-state index contributed by atoms with van der Waals surface area (Å²) in [5.41, 5.74) is 7.94. The van der Waals surface area contributed by atoms with Crippen molar-refractivity contribution in [2.75, 3.05) is 19.6 Å². The Morgan fingerprint density at radius 2 is 1.81 bits per heavy atom. The number of amides is 1. The minimum Gasteiger partial charge on any atom is -0.348 e. The molecule has 1 saturated carbocycles. The average molecular weight is 402 g/mol. The van der Waals surface area contributed by atoms with Crippen LogP contribution < -0.4 is 11.1 Å². The lowest BCUT2D eigenvalue weighted by Crippen LogP contribution is -2.45. The molecule has 3 N–H and O–H groups in total. The van der Waals surface area contributed by atoms with Gasteiger partial charge in [-0.15, -0.1) is 24.8 Å². The second-order valence-electron chi connectivity index (χ2n) is 7.40. The van der Waals surface area contributed by atoms with Crippen LogP contribution in [0.5, 0.6) is 0 Å². The highest BCUT2D eigenvalue weighted by molar-refractivity contribution is 5.94. The van der Waals surface area contributed by atoms with E-state index in [0.717, 1.165) is 12.1 Å². The summed E-state index contributed by atoms with van der Waals surface area (Å²) in [6, 6.07) is 8.19. The molecule has 148 valence electrons. The van der Waals surface area contributed by atoms with Gasteiger partial charge < -0.3 is 11.1 Å². The molecule has 2 fully saturated rings. The molecule has 1 unspecified atom stereocenters. The summed E-state index contributed by atoms with van der Waals surface area (Å²) in [4.78, 5) is 15.1. The van der Waals surface area contributed by atoms with Gasteiger partial charge in [0.25, 0.3) is 5.91 Å². The molecule has 0 radical (unpaired) electrons. The Morgan fingerprint density at radius 1 is 1.12 bits per heavy atom. The van der Waals surface area contributed by atoms with Crippen molar-refractivity contribution in [3.8, 4) is 0 Å². The highest BCUT2D eigenvalue weighted by Gasteiger charge is 2.24. The van der Waals surface area contributed by atoms with Gasteiger partial charge in [-0.1, -0.05) is 31.4 Å². The average Bonchev–Trinajstić information content (AvgIpc) is 3.13. The van der Waals surface area contributed by atoms with Gasteiger partial charge in [-0.05, 0) is 62.4 Å². The van der Waals surface area contributed by atoms with Gasteiger partial charge in [0.05, 0.1) is 0 Å². The van der Waals surface area contributed by atoms with Crippen molar-refractivity contribution in [1.29, 1.82) is 0 Å². The van der Waals surface area contributed by atoms with E-state index in [-0.39, 0.29) is 36.8 Å². The van der Waals surface area contributed by atoms with Crippen LogP contribution in [0.15, 0.2) is 24.3 Å². The van der Waals surface area contributed by atoms with E-state index >= 15 is 0 Å². The number of nitrogens with one attached hydrogen (secondary N) is 1. The van der Waals surface area contributed by atoms with Crippen LogP contribution in [0, 0.1) is 5.92 Å². The topological polar surface area (TPSA) is 58.4 Å². The Morgan fingerprint density at radius 3 is 2.46 bits per heavy atom. The molecule has 1 aliphatic carbocycles. The first-order chi connectivity index (χ1) is 11.8. The first kappa shape index (κ1) is 23.2. The van der Waals surface area contributed by atoms with E-state index < -0.39 is 0 Å². The smallest absolute Gasteiger partial charge is 0.251 e. The van der Waals surface area contributed by atoms with Crippen molar-refractivity contribution in [3.05, 3.63) is 35.4 Å². The molecule has 1 saturated heterocycles. The van der Waals surface area contributed by atoms with Gasteiger partial charge in [-0.2, -0.15) is 0 Å². The monoisotopic (exact) mass is 401 g/mol. The van der Waals surface area contributed by atoms with E-state index in [2.05, 4.69) is 16.3 Å². The first-order valence-corrected chi connectivity index (χ1v) is 9.58. The molecule has 6 heteroatoms. The fourth-order valence-corrected chi connectivity index (χ4v) is 4.17. The molecule has 1 atom stereocenters. The maximum absolute atomic E-state index is 12.7. The zero-order valence-electron chi connectivity index (χ0n) is 15.5. The van der Waals surface area contributed by atoms with E-state index in [0.29, 0.717) is 12.5 Å². The Kier molecular flexibility index (Phi) is 10.6. The zero-order chi connectivity index (χ0) is 16.8. The van der Waals surface area contributed by atoms with Crippen LogP contribution in [0.1, 0.15) is 60.9 Å². The van der Waals surface area contributed by atoms with Gasteiger partial charge in [0.2, 0.25) is 0 Å². The van der Waals surface area contributed by atoms with Crippen LogP contribution in [0.2, 0.25) is 0 Å². The lowest BCUT2D eigenvalue weighted by atomic mass is 9.84. The molecule has 1 amide bonds. The van der Waals surface area contributed by atoms with E-state index in [9.17, 15) is 4.79 Å². The van der Waals surface area contributed by atoms with Crippen LogP contribution in [-0.4, -0.2) is 36.5 Å². The van der Waals surface area contributed by atoms with E-state index in [1.807, 2.05) is 18.2 Å². The Hall–Kier alpha value is -0.810. The third kappa shape index (κ3) is 6.41. The van der Waals surface area contributed by atoms with Gasteiger partial charge in [0, 0.05) is 24.7 Å². The summed E-state index contributed by atoms with van der Waals surface area (Å²) in [6.07, 6.45) is 8.82. The summed E-state index contributed by atoms with van der Waals surface area (Å²) < 4.78 is 0. The number of nitrogens with two attached hydrogens (primary N) is 1. The number of carbonyl (C=O) groups is 1. The molecule has 1 aromatic carbocycles. The highest BCUT2D eigenvalue weighted by atomic mass is 35.5. The van der Waals surface area contributed by atoms with Crippen molar-refractivity contribution in [2.24, 2.45) is 11.7 Å². The lowest BCUT2D eigenvalue weighted by Gasteiger charge is -2.30.